The highest BCUT2D eigenvalue weighted by Gasteiger charge is 2.49. The minimum atomic E-state index is -1.21. The summed E-state index contributed by atoms with van der Waals surface area (Å²) in [5.41, 5.74) is -0.620. The summed E-state index contributed by atoms with van der Waals surface area (Å²) in [6, 6.07) is 5.97. The molecule has 0 saturated carbocycles. The van der Waals surface area contributed by atoms with E-state index in [0.717, 1.165) is 4.90 Å². The Kier molecular flexibility index (Phi) is 4.18. The van der Waals surface area contributed by atoms with Crippen LogP contribution in [0, 0.1) is 0 Å². The van der Waals surface area contributed by atoms with Gasteiger partial charge in [-0.25, -0.2) is 4.79 Å². The van der Waals surface area contributed by atoms with Crippen LogP contribution in [0.4, 0.5) is 4.79 Å². The van der Waals surface area contributed by atoms with Crippen molar-refractivity contribution in [1.29, 1.82) is 0 Å². The zero-order chi connectivity index (χ0) is 15.6. The summed E-state index contributed by atoms with van der Waals surface area (Å²) < 4.78 is 4.76. The molecule has 3 amide bonds. The summed E-state index contributed by atoms with van der Waals surface area (Å²) in [6.45, 7) is 3.03. The summed E-state index contributed by atoms with van der Waals surface area (Å²) in [6.07, 6.45) is 0. The Morgan fingerprint density at radius 1 is 1.33 bits per heavy atom. The number of benzene rings is 1. The predicted molar refractivity (Wildman–Crippen MR) is 75.7 cm³/mol. The largest absolute Gasteiger partial charge is 0.465 e. The van der Waals surface area contributed by atoms with Crippen molar-refractivity contribution in [2.75, 3.05) is 13.2 Å². The maximum Gasteiger partial charge on any atom is 0.326 e. The van der Waals surface area contributed by atoms with Crippen LogP contribution < -0.4 is 5.32 Å². The van der Waals surface area contributed by atoms with Gasteiger partial charge in [-0.1, -0.05) is 23.7 Å². The molecule has 0 bridgehead atoms. The van der Waals surface area contributed by atoms with Crippen LogP contribution in [0.25, 0.3) is 0 Å². The number of hydrogen-bond acceptors (Lipinski definition) is 4. The Morgan fingerprint density at radius 2 is 1.95 bits per heavy atom. The first-order valence-electron chi connectivity index (χ1n) is 6.44. The van der Waals surface area contributed by atoms with Gasteiger partial charge < -0.3 is 10.1 Å². The smallest absolute Gasteiger partial charge is 0.326 e. The van der Waals surface area contributed by atoms with Gasteiger partial charge in [-0.2, -0.15) is 0 Å². The van der Waals surface area contributed by atoms with Crippen LogP contribution in [0.2, 0.25) is 5.02 Å². The molecule has 1 aliphatic heterocycles. The van der Waals surface area contributed by atoms with Gasteiger partial charge in [-0.3, -0.25) is 14.5 Å². The molecule has 1 N–H and O–H groups in total. The van der Waals surface area contributed by atoms with Gasteiger partial charge in [0.2, 0.25) is 0 Å². The Labute approximate surface area is 127 Å². The Bertz CT molecular complexity index is 587. The van der Waals surface area contributed by atoms with Crippen molar-refractivity contribution >= 4 is 29.5 Å². The number of nitrogens with one attached hydrogen (secondary N) is 1. The molecule has 0 spiro atoms. The van der Waals surface area contributed by atoms with Gasteiger partial charge in [0, 0.05) is 5.02 Å². The molecule has 1 fully saturated rings. The molecule has 112 valence electrons. The van der Waals surface area contributed by atoms with Crippen LogP contribution in [0.5, 0.6) is 0 Å². The lowest BCUT2D eigenvalue weighted by atomic mass is 9.92. The van der Waals surface area contributed by atoms with Crippen molar-refractivity contribution in [2.45, 2.75) is 19.4 Å². The number of imide groups is 1. The fraction of sp³-hybridized carbons (Fsp3) is 0.357. The lowest BCUT2D eigenvalue weighted by Crippen LogP contribution is -2.41. The molecule has 1 aromatic carbocycles. The summed E-state index contributed by atoms with van der Waals surface area (Å²) in [5, 5.41) is 3.13. The molecule has 1 heterocycles. The van der Waals surface area contributed by atoms with E-state index in [1.165, 1.54) is 0 Å². The van der Waals surface area contributed by atoms with Crippen LogP contribution in [-0.4, -0.2) is 36.0 Å². The minimum absolute atomic E-state index is 0.191. The van der Waals surface area contributed by atoms with E-state index in [2.05, 4.69) is 5.32 Å². The number of rotatable bonds is 4. The zero-order valence-electron chi connectivity index (χ0n) is 11.7. The SMILES string of the molecule is CCOC(=O)CN1C(=O)N[C@](C)(c2ccc(Cl)cc2)C1=O. The third kappa shape index (κ3) is 2.85. The van der Waals surface area contributed by atoms with Gasteiger partial charge >= 0.3 is 12.0 Å². The molecule has 1 aliphatic rings. The summed E-state index contributed by atoms with van der Waals surface area (Å²) in [4.78, 5) is 36.7. The molecular formula is C14H15ClN2O4. The van der Waals surface area contributed by atoms with Gasteiger partial charge in [0.25, 0.3) is 5.91 Å². The molecule has 0 aromatic heterocycles. The summed E-state index contributed by atoms with van der Waals surface area (Å²) in [5.74, 6) is -1.12. The Morgan fingerprint density at radius 3 is 2.52 bits per heavy atom. The van der Waals surface area contributed by atoms with Gasteiger partial charge in [-0.15, -0.1) is 0 Å². The molecule has 1 saturated heterocycles. The van der Waals surface area contributed by atoms with Crippen molar-refractivity contribution in [3.05, 3.63) is 34.9 Å². The van der Waals surface area contributed by atoms with Crippen LogP contribution >= 0.6 is 11.6 Å². The Hall–Kier alpha value is -2.08. The van der Waals surface area contributed by atoms with Gasteiger partial charge in [0.1, 0.15) is 12.1 Å². The second-order valence-electron chi connectivity index (χ2n) is 4.76. The highest BCUT2D eigenvalue weighted by atomic mass is 35.5. The third-order valence-corrected chi connectivity index (χ3v) is 3.54. The topological polar surface area (TPSA) is 75.7 Å². The summed E-state index contributed by atoms with van der Waals surface area (Å²) in [7, 11) is 0. The number of urea groups is 1. The van der Waals surface area contributed by atoms with Crippen molar-refractivity contribution in [3.8, 4) is 0 Å². The zero-order valence-corrected chi connectivity index (χ0v) is 12.4. The first-order valence-corrected chi connectivity index (χ1v) is 6.82. The minimum Gasteiger partial charge on any atom is -0.465 e. The normalized spacial score (nSPS) is 21.4. The third-order valence-electron chi connectivity index (χ3n) is 3.29. The molecule has 0 unspecified atom stereocenters. The lowest BCUT2D eigenvalue weighted by molar-refractivity contribution is -0.147. The average molecular weight is 311 g/mol. The van der Waals surface area contributed by atoms with Crippen molar-refractivity contribution in [2.24, 2.45) is 0 Å². The first kappa shape index (κ1) is 15.3. The number of ether oxygens (including phenoxy) is 1. The quantitative estimate of drug-likeness (QED) is 0.678. The maximum atomic E-state index is 12.5. The van der Waals surface area contributed by atoms with E-state index in [1.807, 2.05) is 0 Å². The number of halogens is 1. The van der Waals surface area contributed by atoms with E-state index in [1.54, 1.807) is 38.1 Å². The second-order valence-corrected chi connectivity index (χ2v) is 5.19. The van der Waals surface area contributed by atoms with Crippen molar-refractivity contribution in [1.82, 2.24) is 10.2 Å². The van der Waals surface area contributed by atoms with E-state index < -0.39 is 30.0 Å². The van der Waals surface area contributed by atoms with Crippen LogP contribution in [0.1, 0.15) is 19.4 Å². The molecule has 0 radical (unpaired) electrons. The van der Waals surface area contributed by atoms with Crippen LogP contribution in [0.15, 0.2) is 24.3 Å². The van der Waals surface area contributed by atoms with Gasteiger partial charge in [0.15, 0.2) is 0 Å². The maximum absolute atomic E-state index is 12.5. The molecular weight excluding hydrogens is 296 g/mol. The van der Waals surface area contributed by atoms with E-state index >= 15 is 0 Å². The average Bonchev–Trinajstić information content (AvgIpc) is 2.64. The fourth-order valence-electron chi connectivity index (χ4n) is 2.16. The van der Waals surface area contributed by atoms with E-state index in [-0.39, 0.29) is 6.61 Å². The summed E-state index contributed by atoms with van der Waals surface area (Å²) >= 11 is 5.82. The standard InChI is InChI=1S/C14H15ClN2O4/c1-3-21-11(18)8-17-12(19)14(2,16-13(17)20)9-4-6-10(15)7-5-9/h4-7H,3,8H2,1-2H3,(H,16,20)/t14-/m1/s1. The molecule has 1 aromatic rings. The first-order chi connectivity index (χ1) is 9.88. The van der Waals surface area contributed by atoms with Crippen LogP contribution in [0.3, 0.4) is 0 Å². The second kappa shape index (κ2) is 5.73. The van der Waals surface area contributed by atoms with Crippen LogP contribution in [-0.2, 0) is 19.9 Å². The number of hydrogen-bond donors (Lipinski definition) is 1. The predicted octanol–water partition coefficient (Wildman–Crippen LogP) is 1.67. The lowest BCUT2D eigenvalue weighted by Gasteiger charge is -2.22. The molecule has 6 nitrogen and oxygen atoms in total. The number of amides is 3. The molecule has 21 heavy (non-hydrogen) atoms. The fourth-order valence-corrected chi connectivity index (χ4v) is 2.28. The number of esters is 1. The number of carbonyl (C=O) groups excluding carboxylic acids is 3. The van der Waals surface area contributed by atoms with Crippen molar-refractivity contribution in [3.63, 3.8) is 0 Å². The molecule has 0 aliphatic carbocycles. The number of carbonyl (C=O) groups is 3. The molecule has 2 rings (SSSR count). The van der Waals surface area contributed by atoms with E-state index in [9.17, 15) is 14.4 Å². The van der Waals surface area contributed by atoms with Gasteiger partial charge in [0.05, 0.1) is 6.61 Å². The molecule has 7 heteroatoms. The molecule has 1 atom stereocenters. The monoisotopic (exact) mass is 310 g/mol. The van der Waals surface area contributed by atoms with Gasteiger partial charge in [-0.05, 0) is 31.5 Å². The Balaban J connectivity index is 2.24. The van der Waals surface area contributed by atoms with Crippen molar-refractivity contribution < 1.29 is 19.1 Å². The van der Waals surface area contributed by atoms with E-state index in [4.69, 9.17) is 16.3 Å². The highest BCUT2D eigenvalue weighted by molar-refractivity contribution is 6.30. The number of nitrogens with zero attached hydrogens (tertiary/aromatic N) is 1. The highest BCUT2D eigenvalue weighted by Crippen LogP contribution is 2.29. The van der Waals surface area contributed by atoms with E-state index in [0.29, 0.717) is 10.6 Å².